The van der Waals surface area contributed by atoms with E-state index in [1.807, 2.05) is 18.6 Å². The Hall–Kier alpha value is -1.78. The van der Waals surface area contributed by atoms with Crippen LogP contribution in [-0.4, -0.2) is 33.5 Å². The lowest BCUT2D eigenvalue weighted by molar-refractivity contribution is 0.341. The lowest BCUT2D eigenvalue weighted by Gasteiger charge is -2.32. The zero-order valence-electron chi connectivity index (χ0n) is 12.6. The normalized spacial score (nSPS) is 25.3. The number of nitrogens with one attached hydrogen (secondary N) is 1. The first-order valence-corrected chi connectivity index (χ1v) is 8.21. The quantitative estimate of drug-likeness (QED) is 0.942. The fourth-order valence-electron chi connectivity index (χ4n) is 4.04. The van der Waals surface area contributed by atoms with Crippen molar-refractivity contribution in [3.05, 3.63) is 18.6 Å². The minimum atomic E-state index is 0.670. The van der Waals surface area contributed by atoms with Crippen molar-refractivity contribution in [2.24, 2.45) is 5.92 Å². The number of hydrogen-bond acceptors (Lipinski definition) is 4. The second-order valence-corrected chi connectivity index (χ2v) is 6.23. The van der Waals surface area contributed by atoms with Gasteiger partial charge in [-0.2, -0.15) is 0 Å². The molecule has 4 rings (SSSR count). The molecule has 5 heteroatoms. The maximum atomic E-state index is 4.87. The molecule has 21 heavy (non-hydrogen) atoms. The summed E-state index contributed by atoms with van der Waals surface area (Å²) in [5.41, 5.74) is 0.989. The molecule has 1 saturated carbocycles. The molecule has 2 aromatic rings. The van der Waals surface area contributed by atoms with E-state index < -0.39 is 0 Å². The van der Waals surface area contributed by atoms with Gasteiger partial charge >= 0.3 is 0 Å². The van der Waals surface area contributed by atoms with Crippen LogP contribution in [-0.2, 0) is 0 Å². The van der Waals surface area contributed by atoms with E-state index in [0.29, 0.717) is 6.04 Å². The van der Waals surface area contributed by atoms with Gasteiger partial charge in [-0.05, 0) is 32.1 Å². The summed E-state index contributed by atoms with van der Waals surface area (Å²) in [4.78, 5) is 11.9. The lowest BCUT2D eigenvalue weighted by Crippen LogP contribution is -2.35. The summed E-state index contributed by atoms with van der Waals surface area (Å²) >= 11 is 0. The highest BCUT2D eigenvalue weighted by atomic mass is 15.3. The highest BCUT2D eigenvalue weighted by Gasteiger charge is 2.37. The summed E-state index contributed by atoms with van der Waals surface area (Å²) in [6, 6.07) is 0.670. The third-order valence-electron chi connectivity index (χ3n) is 5.00. The Kier molecular flexibility index (Phi) is 3.20. The van der Waals surface area contributed by atoms with E-state index in [9.17, 15) is 0 Å². The Balaban J connectivity index is 1.76. The molecule has 3 heterocycles. The topological polar surface area (TPSA) is 45.5 Å². The minimum Gasteiger partial charge on any atom is -0.369 e. The fourth-order valence-corrected chi connectivity index (χ4v) is 4.04. The smallest absolute Gasteiger partial charge is 0.180 e. The number of aromatic nitrogens is 3. The summed E-state index contributed by atoms with van der Waals surface area (Å²) in [6.07, 6.45) is 12.7. The number of nitrogens with zero attached hydrogens (tertiary/aromatic N) is 4. The fraction of sp³-hybridized carbons (Fsp3) is 0.625. The van der Waals surface area contributed by atoms with E-state index in [2.05, 4.69) is 26.5 Å². The van der Waals surface area contributed by atoms with E-state index in [1.54, 1.807) is 0 Å². The average molecular weight is 285 g/mol. The molecule has 0 aromatic carbocycles. The van der Waals surface area contributed by atoms with Crippen molar-refractivity contribution in [3.8, 4) is 0 Å². The van der Waals surface area contributed by atoms with Gasteiger partial charge in [-0.3, -0.25) is 0 Å². The summed E-state index contributed by atoms with van der Waals surface area (Å²) < 4.78 is 2.09. The SMILES string of the molecule is CCNc1cn2ccnc2c(N2CCC3CCCCC32)n1. The zero-order valence-corrected chi connectivity index (χ0v) is 12.6. The van der Waals surface area contributed by atoms with Gasteiger partial charge in [0.1, 0.15) is 5.82 Å². The first-order chi connectivity index (χ1) is 10.4. The summed E-state index contributed by atoms with van der Waals surface area (Å²) in [5.74, 6) is 2.86. The third-order valence-corrected chi connectivity index (χ3v) is 5.00. The van der Waals surface area contributed by atoms with Gasteiger partial charge in [0.2, 0.25) is 0 Å². The molecule has 2 unspecified atom stereocenters. The van der Waals surface area contributed by atoms with Gasteiger partial charge in [-0.25, -0.2) is 9.97 Å². The van der Waals surface area contributed by atoms with Crippen LogP contribution in [0, 0.1) is 5.92 Å². The van der Waals surface area contributed by atoms with Crippen molar-refractivity contribution in [1.82, 2.24) is 14.4 Å². The maximum absolute atomic E-state index is 4.87. The average Bonchev–Trinajstić information content (AvgIpc) is 3.13. The number of fused-ring (bicyclic) bond motifs is 2. The molecule has 1 aliphatic heterocycles. The zero-order chi connectivity index (χ0) is 14.2. The molecule has 2 aromatic heterocycles. The summed E-state index contributed by atoms with van der Waals surface area (Å²) in [5, 5.41) is 3.34. The van der Waals surface area contributed by atoms with Crippen molar-refractivity contribution < 1.29 is 0 Å². The molecule has 1 N–H and O–H groups in total. The first kappa shape index (κ1) is 12.9. The van der Waals surface area contributed by atoms with Crippen LogP contribution in [0.3, 0.4) is 0 Å². The second kappa shape index (κ2) is 5.20. The molecule has 0 amide bonds. The van der Waals surface area contributed by atoms with E-state index in [0.717, 1.165) is 36.3 Å². The number of hydrogen-bond donors (Lipinski definition) is 1. The van der Waals surface area contributed by atoms with Gasteiger partial charge in [0.05, 0.1) is 6.20 Å². The van der Waals surface area contributed by atoms with Crippen LogP contribution < -0.4 is 10.2 Å². The van der Waals surface area contributed by atoms with Crippen molar-refractivity contribution >= 4 is 17.3 Å². The molecule has 2 atom stereocenters. The number of imidazole rings is 1. The standard InChI is InChI=1S/C16H23N5/c1-2-17-14-11-20-10-8-18-15(20)16(19-14)21-9-7-12-5-3-4-6-13(12)21/h8,10-13,17H,2-7,9H2,1H3. The predicted molar refractivity (Wildman–Crippen MR) is 84.9 cm³/mol. The maximum Gasteiger partial charge on any atom is 0.180 e. The van der Waals surface area contributed by atoms with Gasteiger partial charge in [-0.15, -0.1) is 0 Å². The number of rotatable bonds is 3. The van der Waals surface area contributed by atoms with E-state index in [-0.39, 0.29) is 0 Å². The monoisotopic (exact) mass is 285 g/mol. The first-order valence-electron chi connectivity index (χ1n) is 8.21. The predicted octanol–water partition coefficient (Wildman–Crippen LogP) is 2.93. The Morgan fingerprint density at radius 1 is 1.29 bits per heavy atom. The highest BCUT2D eigenvalue weighted by Crippen LogP contribution is 2.39. The highest BCUT2D eigenvalue weighted by molar-refractivity contribution is 5.67. The molecule has 2 aliphatic rings. The van der Waals surface area contributed by atoms with Crippen LogP contribution in [0.2, 0.25) is 0 Å². The Bertz CT molecular complexity index is 635. The molecule has 5 nitrogen and oxygen atoms in total. The van der Waals surface area contributed by atoms with Crippen LogP contribution in [0.1, 0.15) is 39.0 Å². The molecular formula is C16H23N5. The molecular weight excluding hydrogens is 262 g/mol. The van der Waals surface area contributed by atoms with Gasteiger partial charge in [0.25, 0.3) is 0 Å². The Morgan fingerprint density at radius 3 is 3.10 bits per heavy atom. The van der Waals surface area contributed by atoms with E-state index in [4.69, 9.17) is 4.98 Å². The van der Waals surface area contributed by atoms with Crippen molar-refractivity contribution in [3.63, 3.8) is 0 Å². The molecule has 2 fully saturated rings. The van der Waals surface area contributed by atoms with Gasteiger partial charge in [0, 0.05) is 31.5 Å². The van der Waals surface area contributed by atoms with Gasteiger partial charge < -0.3 is 14.6 Å². The summed E-state index contributed by atoms with van der Waals surface area (Å²) in [6.45, 7) is 4.12. The van der Waals surface area contributed by atoms with Crippen molar-refractivity contribution in [2.45, 2.75) is 45.1 Å². The largest absolute Gasteiger partial charge is 0.369 e. The second-order valence-electron chi connectivity index (χ2n) is 6.23. The minimum absolute atomic E-state index is 0.670. The Morgan fingerprint density at radius 2 is 2.19 bits per heavy atom. The van der Waals surface area contributed by atoms with Crippen LogP contribution in [0.15, 0.2) is 18.6 Å². The van der Waals surface area contributed by atoms with Crippen LogP contribution in [0.4, 0.5) is 11.6 Å². The molecule has 1 saturated heterocycles. The van der Waals surface area contributed by atoms with Crippen LogP contribution in [0.5, 0.6) is 0 Å². The van der Waals surface area contributed by atoms with Crippen molar-refractivity contribution in [2.75, 3.05) is 23.3 Å². The van der Waals surface area contributed by atoms with Crippen LogP contribution >= 0.6 is 0 Å². The van der Waals surface area contributed by atoms with Gasteiger partial charge in [0.15, 0.2) is 11.5 Å². The van der Waals surface area contributed by atoms with Crippen LogP contribution in [0.25, 0.3) is 5.65 Å². The Labute approximate surface area is 125 Å². The molecule has 1 aliphatic carbocycles. The van der Waals surface area contributed by atoms with Crippen molar-refractivity contribution in [1.29, 1.82) is 0 Å². The molecule has 0 bridgehead atoms. The lowest BCUT2D eigenvalue weighted by atomic mass is 9.85. The molecule has 0 radical (unpaired) electrons. The summed E-state index contributed by atoms with van der Waals surface area (Å²) in [7, 11) is 0. The van der Waals surface area contributed by atoms with E-state index >= 15 is 0 Å². The third kappa shape index (κ3) is 2.15. The molecule has 112 valence electrons. The van der Waals surface area contributed by atoms with Gasteiger partial charge in [-0.1, -0.05) is 12.8 Å². The van der Waals surface area contributed by atoms with E-state index in [1.165, 1.54) is 32.1 Å². The number of anilines is 2. The molecule has 0 spiro atoms.